The minimum atomic E-state index is -0.337. The summed E-state index contributed by atoms with van der Waals surface area (Å²) < 4.78 is 19.4. The number of anilines is 1. The van der Waals surface area contributed by atoms with Crippen LogP contribution in [0.3, 0.4) is 0 Å². The summed E-state index contributed by atoms with van der Waals surface area (Å²) in [4.78, 5) is 26.5. The number of benzene rings is 2. The Morgan fingerprint density at radius 1 is 1.00 bits per heavy atom. The molecule has 0 saturated carbocycles. The van der Waals surface area contributed by atoms with Crippen LogP contribution in [-0.2, 0) is 13.0 Å². The number of halogens is 2. The lowest BCUT2D eigenvalue weighted by Gasteiger charge is -2.30. The van der Waals surface area contributed by atoms with Gasteiger partial charge in [0.05, 0.1) is 28.4 Å². The van der Waals surface area contributed by atoms with Gasteiger partial charge in [-0.3, -0.25) is 4.79 Å². The number of amides is 1. The maximum atomic E-state index is 13.4. The molecule has 1 aromatic heterocycles. The number of nitrogens with zero attached hydrogens (tertiary/aromatic N) is 4. The van der Waals surface area contributed by atoms with Gasteiger partial charge in [0.2, 0.25) is 11.8 Å². The molecule has 1 amide bonds. The molecule has 32 heavy (non-hydrogen) atoms. The molecule has 0 radical (unpaired) electrons. The Kier molecular flexibility index (Phi) is 5.66. The minimum Gasteiger partial charge on any atom is -0.438 e. The average Bonchev–Trinajstić information content (AvgIpc) is 3.35. The van der Waals surface area contributed by atoms with Crippen LogP contribution in [0.1, 0.15) is 34.5 Å². The Labute approximate surface area is 190 Å². The van der Waals surface area contributed by atoms with Gasteiger partial charge in [-0.05, 0) is 49.2 Å². The van der Waals surface area contributed by atoms with Crippen LogP contribution in [-0.4, -0.2) is 40.4 Å². The Morgan fingerprint density at radius 3 is 2.50 bits per heavy atom. The summed E-state index contributed by atoms with van der Waals surface area (Å²) in [5.74, 6) is 1.05. The Hall–Kier alpha value is -3.19. The highest BCUT2D eigenvalue weighted by atomic mass is 35.5. The molecule has 0 bridgehead atoms. The van der Waals surface area contributed by atoms with Crippen molar-refractivity contribution in [1.82, 2.24) is 14.9 Å². The molecule has 2 aromatic carbocycles. The average molecular weight is 453 g/mol. The number of hydrogen-bond donors (Lipinski definition) is 0. The van der Waals surface area contributed by atoms with E-state index in [1.165, 1.54) is 12.1 Å². The van der Waals surface area contributed by atoms with Crippen molar-refractivity contribution in [1.29, 1.82) is 0 Å². The fraction of sp³-hybridized carbons (Fsp3) is 0.292. The molecule has 0 aliphatic carbocycles. The molecular formula is C24H22ClFN4O2. The van der Waals surface area contributed by atoms with Gasteiger partial charge < -0.3 is 14.5 Å². The van der Waals surface area contributed by atoms with E-state index in [1.807, 2.05) is 0 Å². The lowest BCUT2D eigenvalue weighted by molar-refractivity contribution is 0.0732. The zero-order valence-corrected chi connectivity index (χ0v) is 18.2. The maximum absolute atomic E-state index is 13.4. The van der Waals surface area contributed by atoms with Crippen LogP contribution in [0.2, 0.25) is 5.02 Å². The van der Waals surface area contributed by atoms with Crippen LogP contribution in [0, 0.1) is 5.82 Å². The number of carbonyl (C=O) groups excluding carboxylic acids is 1. The number of ether oxygens (including phenoxy) is 1. The monoisotopic (exact) mass is 452 g/mol. The Morgan fingerprint density at radius 2 is 1.75 bits per heavy atom. The molecule has 5 rings (SSSR count). The zero-order valence-electron chi connectivity index (χ0n) is 17.4. The molecule has 0 N–H and O–H groups in total. The minimum absolute atomic E-state index is 0.141. The number of hydrogen-bond acceptors (Lipinski definition) is 5. The van der Waals surface area contributed by atoms with Crippen molar-refractivity contribution in [3.63, 3.8) is 0 Å². The third kappa shape index (κ3) is 4.12. The van der Waals surface area contributed by atoms with Crippen LogP contribution in [0.4, 0.5) is 10.3 Å². The van der Waals surface area contributed by atoms with Gasteiger partial charge in [0.25, 0.3) is 5.91 Å². The highest BCUT2D eigenvalue weighted by molar-refractivity contribution is 6.33. The molecule has 8 heteroatoms. The van der Waals surface area contributed by atoms with Crippen LogP contribution in [0.15, 0.2) is 48.5 Å². The van der Waals surface area contributed by atoms with E-state index in [4.69, 9.17) is 26.3 Å². The Bertz CT molecular complexity index is 1150. The summed E-state index contributed by atoms with van der Waals surface area (Å²) in [6.07, 6.45) is 2.80. The van der Waals surface area contributed by atoms with Crippen molar-refractivity contribution in [2.24, 2.45) is 0 Å². The molecule has 1 fully saturated rings. The van der Waals surface area contributed by atoms with Gasteiger partial charge in [-0.15, -0.1) is 0 Å². The topological polar surface area (TPSA) is 58.6 Å². The predicted octanol–water partition coefficient (Wildman–Crippen LogP) is 4.86. The third-order valence-electron chi connectivity index (χ3n) is 5.82. The summed E-state index contributed by atoms with van der Waals surface area (Å²) in [7, 11) is 0. The van der Waals surface area contributed by atoms with Crippen LogP contribution in [0.5, 0.6) is 11.6 Å². The van der Waals surface area contributed by atoms with Crippen molar-refractivity contribution >= 4 is 23.5 Å². The SMILES string of the molecule is O=C(c1ccccc1Cl)N1CCc2nc(N3CCCC3)nc(Oc3ccc(F)cc3)c2C1. The highest BCUT2D eigenvalue weighted by Gasteiger charge is 2.29. The second kappa shape index (κ2) is 8.74. The van der Waals surface area contributed by atoms with Gasteiger partial charge in [0.15, 0.2) is 0 Å². The number of aromatic nitrogens is 2. The van der Waals surface area contributed by atoms with Crippen molar-refractivity contribution < 1.29 is 13.9 Å². The summed E-state index contributed by atoms with van der Waals surface area (Å²) >= 11 is 6.25. The molecule has 3 heterocycles. The normalized spacial score (nSPS) is 15.6. The second-order valence-electron chi connectivity index (χ2n) is 7.96. The molecule has 1 saturated heterocycles. The summed E-state index contributed by atoms with van der Waals surface area (Å²) in [6.45, 7) is 2.66. The molecule has 2 aliphatic heterocycles. The van der Waals surface area contributed by atoms with E-state index < -0.39 is 0 Å². The first-order chi connectivity index (χ1) is 15.6. The third-order valence-corrected chi connectivity index (χ3v) is 6.15. The van der Waals surface area contributed by atoms with Gasteiger partial charge in [0, 0.05) is 26.1 Å². The van der Waals surface area contributed by atoms with Crippen LogP contribution < -0.4 is 9.64 Å². The maximum Gasteiger partial charge on any atom is 0.255 e. The molecule has 6 nitrogen and oxygen atoms in total. The Balaban J connectivity index is 1.49. The van der Waals surface area contributed by atoms with Gasteiger partial charge >= 0.3 is 0 Å². The fourth-order valence-corrected chi connectivity index (χ4v) is 4.32. The number of rotatable bonds is 4. The summed E-state index contributed by atoms with van der Waals surface area (Å²) in [6, 6.07) is 12.8. The molecule has 2 aliphatic rings. The van der Waals surface area contributed by atoms with E-state index in [-0.39, 0.29) is 11.7 Å². The van der Waals surface area contributed by atoms with Crippen LogP contribution in [0.25, 0.3) is 0 Å². The van der Waals surface area contributed by atoms with E-state index in [9.17, 15) is 9.18 Å². The smallest absolute Gasteiger partial charge is 0.255 e. The van der Waals surface area contributed by atoms with Crippen molar-refractivity contribution in [3.8, 4) is 11.6 Å². The second-order valence-corrected chi connectivity index (χ2v) is 8.37. The van der Waals surface area contributed by atoms with E-state index in [0.717, 1.165) is 37.2 Å². The number of fused-ring (bicyclic) bond motifs is 1. The van der Waals surface area contributed by atoms with Gasteiger partial charge in [-0.1, -0.05) is 23.7 Å². The van der Waals surface area contributed by atoms with E-state index in [1.54, 1.807) is 41.3 Å². The first-order valence-electron chi connectivity index (χ1n) is 10.7. The molecule has 0 unspecified atom stereocenters. The lowest BCUT2D eigenvalue weighted by Crippen LogP contribution is -2.37. The van der Waals surface area contributed by atoms with E-state index in [0.29, 0.717) is 47.7 Å². The quantitative estimate of drug-likeness (QED) is 0.565. The largest absolute Gasteiger partial charge is 0.438 e. The number of carbonyl (C=O) groups is 1. The molecule has 0 spiro atoms. The van der Waals surface area contributed by atoms with Gasteiger partial charge in [-0.2, -0.15) is 4.98 Å². The van der Waals surface area contributed by atoms with Crippen LogP contribution >= 0.6 is 11.6 Å². The van der Waals surface area contributed by atoms with Gasteiger partial charge in [-0.25, -0.2) is 9.37 Å². The first kappa shape index (κ1) is 20.7. The van der Waals surface area contributed by atoms with E-state index in [2.05, 4.69) is 4.90 Å². The summed E-state index contributed by atoms with van der Waals surface area (Å²) in [5.41, 5.74) is 2.11. The molecule has 3 aromatic rings. The van der Waals surface area contributed by atoms with E-state index >= 15 is 0 Å². The fourth-order valence-electron chi connectivity index (χ4n) is 4.11. The zero-order chi connectivity index (χ0) is 22.1. The van der Waals surface area contributed by atoms with Gasteiger partial charge in [0.1, 0.15) is 11.6 Å². The first-order valence-corrected chi connectivity index (χ1v) is 11.1. The van der Waals surface area contributed by atoms with Crippen molar-refractivity contribution in [2.45, 2.75) is 25.8 Å². The van der Waals surface area contributed by atoms with Crippen molar-refractivity contribution in [2.75, 3.05) is 24.5 Å². The van der Waals surface area contributed by atoms with Crippen molar-refractivity contribution in [3.05, 3.63) is 76.2 Å². The predicted molar refractivity (Wildman–Crippen MR) is 120 cm³/mol. The molecular weight excluding hydrogens is 431 g/mol. The molecule has 0 atom stereocenters. The molecule has 164 valence electrons. The highest BCUT2D eigenvalue weighted by Crippen LogP contribution is 2.33. The summed E-state index contributed by atoms with van der Waals surface area (Å²) in [5, 5.41) is 0.423. The lowest BCUT2D eigenvalue weighted by atomic mass is 10.1. The standard InChI is InChI=1S/C24H22ClFN4O2/c25-20-6-2-1-5-18(20)23(31)30-14-11-21-19(15-30)22(32-17-9-7-16(26)8-10-17)28-24(27-21)29-12-3-4-13-29/h1-2,5-10H,3-4,11-15H2.